The molecule has 1 amide bonds. The summed E-state index contributed by atoms with van der Waals surface area (Å²) >= 11 is 0. The number of anilines is 1. The van der Waals surface area contributed by atoms with Crippen LogP contribution < -0.4 is 15.4 Å². The minimum atomic E-state index is -0.0910. The summed E-state index contributed by atoms with van der Waals surface area (Å²) in [6.45, 7) is 2.97. The molecule has 0 aromatic heterocycles. The van der Waals surface area contributed by atoms with Gasteiger partial charge < -0.3 is 20.1 Å². The average Bonchev–Trinajstić information content (AvgIpc) is 2.46. The first-order valence-electron chi connectivity index (χ1n) is 6.86. The van der Waals surface area contributed by atoms with E-state index in [0.29, 0.717) is 18.0 Å². The molecule has 0 aliphatic carbocycles. The van der Waals surface area contributed by atoms with E-state index in [-0.39, 0.29) is 18.5 Å². The number of carbonyl (C=O) groups is 1. The van der Waals surface area contributed by atoms with E-state index in [4.69, 9.17) is 9.47 Å². The summed E-state index contributed by atoms with van der Waals surface area (Å²) in [5, 5.41) is 6.04. The van der Waals surface area contributed by atoms with Crippen molar-refractivity contribution in [3.63, 3.8) is 0 Å². The molecule has 1 aromatic rings. The minimum Gasteiger partial charge on any atom is -0.495 e. The molecule has 0 saturated heterocycles. The average molecular weight is 280 g/mol. The molecule has 1 unspecified atom stereocenters. The fourth-order valence-electron chi connectivity index (χ4n) is 1.97. The van der Waals surface area contributed by atoms with Crippen LogP contribution in [0.3, 0.4) is 0 Å². The summed E-state index contributed by atoms with van der Waals surface area (Å²) in [6, 6.07) is 7.55. The highest BCUT2D eigenvalue weighted by atomic mass is 16.5. The Balaban J connectivity index is 2.46. The van der Waals surface area contributed by atoms with Gasteiger partial charge in [0, 0.05) is 13.2 Å². The molecule has 0 aliphatic rings. The lowest BCUT2D eigenvalue weighted by Crippen LogP contribution is -2.38. The first-order chi connectivity index (χ1) is 9.71. The predicted molar refractivity (Wildman–Crippen MR) is 80.2 cm³/mol. The Kier molecular flexibility index (Phi) is 7.69. The monoisotopic (exact) mass is 280 g/mol. The second-order valence-corrected chi connectivity index (χ2v) is 4.57. The molecule has 1 atom stereocenters. The number of ether oxygens (including phenoxy) is 2. The first kappa shape index (κ1) is 16.5. The van der Waals surface area contributed by atoms with Crippen molar-refractivity contribution in [2.75, 3.05) is 32.7 Å². The highest BCUT2D eigenvalue weighted by Gasteiger charge is 2.10. The van der Waals surface area contributed by atoms with Crippen LogP contribution in [0.2, 0.25) is 0 Å². The largest absolute Gasteiger partial charge is 0.495 e. The molecular weight excluding hydrogens is 256 g/mol. The van der Waals surface area contributed by atoms with E-state index >= 15 is 0 Å². The van der Waals surface area contributed by atoms with E-state index in [1.165, 1.54) is 0 Å². The molecule has 0 radical (unpaired) electrons. The molecular formula is C15H24N2O3. The third-order valence-electron chi connectivity index (χ3n) is 2.94. The van der Waals surface area contributed by atoms with Gasteiger partial charge in [-0.15, -0.1) is 0 Å². The molecule has 0 heterocycles. The SMILES string of the molecule is CCCC(COC)NCC(=O)Nc1ccccc1OC. The summed E-state index contributed by atoms with van der Waals surface area (Å²) in [6.07, 6.45) is 2.03. The molecule has 2 N–H and O–H groups in total. The quantitative estimate of drug-likeness (QED) is 0.727. The van der Waals surface area contributed by atoms with Gasteiger partial charge in [0.05, 0.1) is 25.9 Å². The fourth-order valence-corrected chi connectivity index (χ4v) is 1.97. The Morgan fingerprint density at radius 1 is 1.30 bits per heavy atom. The smallest absolute Gasteiger partial charge is 0.238 e. The molecule has 0 bridgehead atoms. The van der Waals surface area contributed by atoms with Gasteiger partial charge in [0.25, 0.3) is 0 Å². The number of nitrogens with one attached hydrogen (secondary N) is 2. The van der Waals surface area contributed by atoms with Crippen LogP contribution in [0, 0.1) is 0 Å². The van der Waals surface area contributed by atoms with Crippen LogP contribution in [-0.4, -0.2) is 39.3 Å². The van der Waals surface area contributed by atoms with Crippen molar-refractivity contribution in [3.8, 4) is 5.75 Å². The van der Waals surface area contributed by atoms with Crippen LogP contribution in [0.15, 0.2) is 24.3 Å². The van der Waals surface area contributed by atoms with Crippen LogP contribution in [0.5, 0.6) is 5.75 Å². The van der Waals surface area contributed by atoms with E-state index in [2.05, 4.69) is 17.6 Å². The zero-order valence-electron chi connectivity index (χ0n) is 12.4. The van der Waals surface area contributed by atoms with Gasteiger partial charge in [-0.05, 0) is 18.6 Å². The first-order valence-corrected chi connectivity index (χ1v) is 6.86. The summed E-state index contributed by atoms with van der Waals surface area (Å²) < 4.78 is 10.3. The van der Waals surface area contributed by atoms with Crippen LogP contribution >= 0.6 is 0 Å². The van der Waals surface area contributed by atoms with Gasteiger partial charge in [0.2, 0.25) is 5.91 Å². The standard InChI is InChI=1S/C15H24N2O3/c1-4-7-12(11-19-2)16-10-15(18)17-13-8-5-6-9-14(13)20-3/h5-6,8-9,12,16H,4,7,10-11H2,1-3H3,(H,17,18). The lowest BCUT2D eigenvalue weighted by atomic mass is 10.2. The van der Waals surface area contributed by atoms with E-state index in [1.54, 1.807) is 14.2 Å². The number of hydrogen-bond acceptors (Lipinski definition) is 4. The number of methoxy groups -OCH3 is 2. The highest BCUT2D eigenvalue weighted by molar-refractivity contribution is 5.93. The van der Waals surface area contributed by atoms with Crippen molar-refractivity contribution in [1.82, 2.24) is 5.32 Å². The molecule has 0 spiro atoms. The van der Waals surface area contributed by atoms with Crippen molar-refractivity contribution >= 4 is 11.6 Å². The Morgan fingerprint density at radius 3 is 2.70 bits per heavy atom. The van der Waals surface area contributed by atoms with Gasteiger partial charge >= 0.3 is 0 Å². The third-order valence-corrected chi connectivity index (χ3v) is 2.94. The number of amides is 1. The summed E-state index contributed by atoms with van der Waals surface area (Å²) in [5.74, 6) is 0.564. The molecule has 1 aromatic carbocycles. The summed E-state index contributed by atoms with van der Waals surface area (Å²) in [7, 11) is 3.25. The van der Waals surface area contributed by atoms with Crippen LogP contribution in [0.25, 0.3) is 0 Å². The molecule has 1 rings (SSSR count). The van der Waals surface area contributed by atoms with Gasteiger partial charge in [-0.3, -0.25) is 4.79 Å². The minimum absolute atomic E-state index is 0.0910. The van der Waals surface area contributed by atoms with Crippen LogP contribution in [-0.2, 0) is 9.53 Å². The molecule has 5 heteroatoms. The second kappa shape index (κ2) is 9.34. The van der Waals surface area contributed by atoms with E-state index < -0.39 is 0 Å². The normalized spacial score (nSPS) is 11.9. The Labute approximate surface area is 120 Å². The molecule has 0 aliphatic heterocycles. The maximum Gasteiger partial charge on any atom is 0.238 e. The molecule has 0 saturated carbocycles. The van der Waals surface area contributed by atoms with E-state index in [9.17, 15) is 4.79 Å². The van der Waals surface area contributed by atoms with Gasteiger partial charge in [0.15, 0.2) is 0 Å². The fraction of sp³-hybridized carbons (Fsp3) is 0.533. The van der Waals surface area contributed by atoms with E-state index in [0.717, 1.165) is 12.8 Å². The van der Waals surface area contributed by atoms with Gasteiger partial charge in [-0.25, -0.2) is 0 Å². The van der Waals surface area contributed by atoms with Crippen LogP contribution in [0.1, 0.15) is 19.8 Å². The second-order valence-electron chi connectivity index (χ2n) is 4.57. The Morgan fingerprint density at radius 2 is 2.05 bits per heavy atom. The number of carbonyl (C=O) groups excluding carboxylic acids is 1. The Bertz CT molecular complexity index is 404. The van der Waals surface area contributed by atoms with Crippen molar-refractivity contribution in [2.24, 2.45) is 0 Å². The molecule has 5 nitrogen and oxygen atoms in total. The van der Waals surface area contributed by atoms with Gasteiger partial charge in [0.1, 0.15) is 5.75 Å². The molecule has 0 fully saturated rings. The number of benzene rings is 1. The lowest BCUT2D eigenvalue weighted by Gasteiger charge is -2.17. The molecule has 20 heavy (non-hydrogen) atoms. The highest BCUT2D eigenvalue weighted by Crippen LogP contribution is 2.22. The maximum atomic E-state index is 11.9. The Hall–Kier alpha value is -1.59. The van der Waals surface area contributed by atoms with E-state index in [1.807, 2.05) is 24.3 Å². The number of rotatable bonds is 9. The predicted octanol–water partition coefficient (Wildman–Crippen LogP) is 2.04. The summed E-state index contributed by atoms with van der Waals surface area (Å²) in [4.78, 5) is 11.9. The molecule has 112 valence electrons. The van der Waals surface area contributed by atoms with Crippen molar-refractivity contribution in [2.45, 2.75) is 25.8 Å². The number of para-hydroxylation sites is 2. The summed E-state index contributed by atoms with van der Waals surface area (Å²) in [5.41, 5.74) is 0.681. The van der Waals surface area contributed by atoms with Crippen LogP contribution in [0.4, 0.5) is 5.69 Å². The topological polar surface area (TPSA) is 59.6 Å². The maximum absolute atomic E-state index is 11.9. The third kappa shape index (κ3) is 5.59. The zero-order chi connectivity index (χ0) is 14.8. The van der Waals surface area contributed by atoms with Crippen molar-refractivity contribution in [1.29, 1.82) is 0 Å². The lowest BCUT2D eigenvalue weighted by molar-refractivity contribution is -0.115. The number of hydrogen-bond donors (Lipinski definition) is 2. The zero-order valence-corrected chi connectivity index (χ0v) is 12.4. The van der Waals surface area contributed by atoms with Gasteiger partial charge in [-0.2, -0.15) is 0 Å². The van der Waals surface area contributed by atoms with Crippen molar-refractivity contribution in [3.05, 3.63) is 24.3 Å². The van der Waals surface area contributed by atoms with Gasteiger partial charge in [-0.1, -0.05) is 25.5 Å². The van der Waals surface area contributed by atoms with Crippen molar-refractivity contribution < 1.29 is 14.3 Å².